The summed E-state index contributed by atoms with van der Waals surface area (Å²) in [7, 11) is 1.93. The molecule has 1 aromatic rings. The van der Waals surface area contributed by atoms with E-state index in [9.17, 15) is 9.59 Å². The zero-order valence-electron chi connectivity index (χ0n) is 16.2. The van der Waals surface area contributed by atoms with E-state index in [0.717, 1.165) is 24.2 Å². The smallest absolute Gasteiger partial charge is 0.346 e. The minimum Gasteiger partial charge on any atom is -0.462 e. The molecule has 0 saturated heterocycles. The Morgan fingerprint density at radius 1 is 1.21 bits per heavy atom. The van der Waals surface area contributed by atoms with Crippen LogP contribution in [0.2, 0.25) is 5.02 Å². The van der Waals surface area contributed by atoms with Gasteiger partial charge in [-0.25, -0.2) is 9.80 Å². The largest absolute Gasteiger partial charge is 0.462 e. The summed E-state index contributed by atoms with van der Waals surface area (Å²) in [5.41, 5.74) is 1.69. The van der Waals surface area contributed by atoms with E-state index < -0.39 is 4.33 Å². The van der Waals surface area contributed by atoms with Gasteiger partial charge in [-0.05, 0) is 49.4 Å². The third kappa shape index (κ3) is 3.65. The first-order valence-corrected chi connectivity index (χ1v) is 11.0. The van der Waals surface area contributed by atoms with Crippen LogP contribution in [-0.2, 0) is 14.3 Å². The number of hydrogen-bond acceptors (Lipinski definition) is 8. The van der Waals surface area contributed by atoms with Crippen molar-refractivity contribution in [2.24, 2.45) is 5.10 Å². The summed E-state index contributed by atoms with van der Waals surface area (Å²) >= 11 is 8.76. The van der Waals surface area contributed by atoms with Gasteiger partial charge in [0.1, 0.15) is 4.91 Å². The third-order valence-corrected chi connectivity index (χ3v) is 7.68. The topological polar surface area (TPSA) is 62.2 Å². The first-order chi connectivity index (χ1) is 13.3. The molecule has 0 aromatic heterocycles. The van der Waals surface area contributed by atoms with Crippen LogP contribution in [-0.4, -0.2) is 39.7 Å². The van der Waals surface area contributed by atoms with Crippen LogP contribution < -0.4 is 5.01 Å². The van der Waals surface area contributed by atoms with Gasteiger partial charge >= 0.3 is 5.97 Å². The number of hydrazone groups is 1. The van der Waals surface area contributed by atoms with Gasteiger partial charge in [0, 0.05) is 24.7 Å². The molecule has 28 heavy (non-hydrogen) atoms. The Morgan fingerprint density at radius 2 is 1.89 bits per heavy atom. The van der Waals surface area contributed by atoms with Crippen molar-refractivity contribution < 1.29 is 14.3 Å². The number of Topliss-reactive ketones (excluding diaryl/α,β-unsaturated/α-hetero) is 1. The van der Waals surface area contributed by atoms with E-state index in [1.54, 1.807) is 24.1 Å². The van der Waals surface area contributed by atoms with E-state index >= 15 is 0 Å². The van der Waals surface area contributed by atoms with Gasteiger partial charge < -0.3 is 9.64 Å². The van der Waals surface area contributed by atoms with E-state index in [0.29, 0.717) is 21.6 Å². The number of ketones is 1. The zero-order valence-corrected chi connectivity index (χ0v) is 18.6. The molecule has 3 rings (SSSR count). The lowest BCUT2D eigenvalue weighted by molar-refractivity contribution is -0.137. The molecule has 150 valence electrons. The molecule has 2 aliphatic heterocycles. The van der Waals surface area contributed by atoms with Crippen LogP contribution in [0.1, 0.15) is 33.6 Å². The average Bonchev–Trinajstić information content (AvgIpc) is 3.17. The van der Waals surface area contributed by atoms with Gasteiger partial charge in [-0.2, -0.15) is 5.10 Å². The van der Waals surface area contributed by atoms with Crippen molar-refractivity contribution in [1.29, 1.82) is 0 Å². The van der Waals surface area contributed by atoms with Crippen LogP contribution in [0.3, 0.4) is 0 Å². The fraction of sp³-hybridized carbons (Fsp3) is 0.421. The second-order valence-electron chi connectivity index (χ2n) is 6.31. The highest BCUT2D eigenvalue weighted by atomic mass is 35.5. The average molecular weight is 440 g/mol. The molecule has 2 heterocycles. The van der Waals surface area contributed by atoms with E-state index in [4.69, 9.17) is 16.3 Å². The Labute approximate surface area is 178 Å². The van der Waals surface area contributed by atoms with Crippen molar-refractivity contribution >= 4 is 57.6 Å². The van der Waals surface area contributed by atoms with Crippen LogP contribution in [0.4, 0.5) is 5.69 Å². The maximum Gasteiger partial charge on any atom is 0.346 e. The molecule has 1 atom stereocenters. The van der Waals surface area contributed by atoms with Crippen LogP contribution in [0.25, 0.3) is 0 Å². The van der Waals surface area contributed by atoms with Gasteiger partial charge in [0.15, 0.2) is 10.8 Å². The molecule has 0 aliphatic carbocycles. The maximum atomic E-state index is 12.6. The lowest BCUT2D eigenvalue weighted by Gasteiger charge is -2.39. The number of thioether (sulfide) groups is 2. The Kier molecular flexibility index (Phi) is 6.31. The number of allylic oxidation sites excluding steroid dienone is 1. The number of ether oxygens (including phenoxy) is 1. The number of esters is 1. The maximum absolute atomic E-state index is 12.6. The van der Waals surface area contributed by atoms with Crippen molar-refractivity contribution in [3.63, 3.8) is 0 Å². The van der Waals surface area contributed by atoms with Gasteiger partial charge in [0.25, 0.3) is 0 Å². The molecular formula is C19H22ClN3O3S2. The number of carbonyl (C=O) groups excluding carboxylic acids is 2. The summed E-state index contributed by atoms with van der Waals surface area (Å²) in [6, 6.07) is 7.27. The van der Waals surface area contributed by atoms with Crippen molar-refractivity contribution in [2.45, 2.75) is 37.9 Å². The first-order valence-electron chi connectivity index (χ1n) is 9.01. The highest BCUT2D eigenvalue weighted by Gasteiger charge is 2.56. The molecule has 0 fully saturated rings. The van der Waals surface area contributed by atoms with Crippen LogP contribution in [0, 0.1) is 0 Å². The number of nitrogens with zero attached hydrogens (tertiary/aromatic N) is 3. The lowest BCUT2D eigenvalue weighted by Crippen LogP contribution is -2.47. The Morgan fingerprint density at radius 3 is 2.46 bits per heavy atom. The number of rotatable bonds is 6. The van der Waals surface area contributed by atoms with Crippen molar-refractivity contribution in [3.05, 3.63) is 39.9 Å². The van der Waals surface area contributed by atoms with Crippen LogP contribution in [0.5, 0.6) is 0 Å². The zero-order chi connectivity index (χ0) is 20.5. The minimum absolute atomic E-state index is 0.114. The monoisotopic (exact) mass is 439 g/mol. The highest BCUT2D eigenvalue weighted by molar-refractivity contribution is 8.28. The Bertz CT molecular complexity index is 856. The van der Waals surface area contributed by atoms with Gasteiger partial charge in [0.05, 0.1) is 12.3 Å². The quantitative estimate of drug-likeness (QED) is 0.597. The standard InChI is InChI=1S/C19H22ClN3O3S2/c1-5-7-15-16(18(25)26-6-2)27-19(22(15)4)23(21-17(28-19)12(3)24)14-10-8-13(20)9-11-14/h8-11H,5-7H2,1-4H3. The van der Waals surface area contributed by atoms with Crippen molar-refractivity contribution in [1.82, 2.24) is 4.90 Å². The van der Waals surface area contributed by atoms with E-state index in [2.05, 4.69) is 12.0 Å². The number of hydrogen-bond donors (Lipinski definition) is 0. The molecule has 1 unspecified atom stereocenters. The fourth-order valence-electron chi connectivity index (χ4n) is 3.02. The minimum atomic E-state index is -0.804. The molecule has 6 nitrogen and oxygen atoms in total. The lowest BCUT2D eigenvalue weighted by atomic mass is 10.2. The predicted octanol–water partition coefficient (Wildman–Crippen LogP) is 4.66. The number of carbonyl (C=O) groups is 2. The molecular weight excluding hydrogens is 418 g/mol. The molecule has 0 N–H and O–H groups in total. The molecule has 0 bridgehead atoms. The molecule has 2 aliphatic rings. The van der Waals surface area contributed by atoms with Crippen LogP contribution >= 0.6 is 35.1 Å². The molecule has 9 heteroatoms. The summed E-state index contributed by atoms with van der Waals surface area (Å²) in [4.78, 5) is 27.4. The summed E-state index contributed by atoms with van der Waals surface area (Å²) in [5, 5.41) is 7.39. The van der Waals surface area contributed by atoms with Gasteiger partial charge in [-0.3, -0.25) is 4.79 Å². The van der Waals surface area contributed by atoms with E-state index in [1.807, 2.05) is 24.1 Å². The SMILES string of the molecule is CCCC1=C(C(=O)OCC)SC2(SC(C(C)=O)=NN2c2ccc(Cl)cc2)N1C. The summed E-state index contributed by atoms with van der Waals surface area (Å²) in [6.45, 7) is 5.66. The summed E-state index contributed by atoms with van der Waals surface area (Å²) < 4.78 is 4.49. The van der Waals surface area contributed by atoms with Gasteiger partial charge in [-0.15, -0.1) is 0 Å². The second kappa shape index (κ2) is 8.39. The molecule has 1 aromatic carbocycles. The summed E-state index contributed by atoms with van der Waals surface area (Å²) in [6.07, 6.45) is 1.61. The number of benzene rings is 1. The highest BCUT2D eigenvalue weighted by Crippen LogP contribution is 2.59. The molecule has 0 radical (unpaired) electrons. The molecule has 1 spiro atoms. The van der Waals surface area contributed by atoms with Crippen LogP contribution in [0.15, 0.2) is 40.0 Å². The third-order valence-electron chi connectivity index (χ3n) is 4.33. The van der Waals surface area contributed by atoms with E-state index in [1.165, 1.54) is 30.4 Å². The Balaban J connectivity index is 2.06. The van der Waals surface area contributed by atoms with E-state index in [-0.39, 0.29) is 11.8 Å². The first kappa shape index (κ1) is 21.1. The number of anilines is 1. The molecule has 0 amide bonds. The molecule has 0 saturated carbocycles. The second-order valence-corrected chi connectivity index (χ2v) is 9.34. The van der Waals surface area contributed by atoms with Crippen molar-refractivity contribution in [3.8, 4) is 0 Å². The van der Waals surface area contributed by atoms with Gasteiger partial charge in [-0.1, -0.05) is 36.7 Å². The number of halogens is 1. The predicted molar refractivity (Wildman–Crippen MR) is 116 cm³/mol. The summed E-state index contributed by atoms with van der Waals surface area (Å²) in [5.74, 6) is -0.455. The Hall–Kier alpha value is -1.64. The fourth-order valence-corrected chi connectivity index (χ4v) is 6.04. The normalized spacial score (nSPS) is 21.5. The van der Waals surface area contributed by atoms with Gasteiger partial charge in [0.2, 0.25) is 4.33 Å². The van der Waals surface area contributed by atoms with Crippen molar-refractivity contribution in [2.75, 3.05) is 18.7 Å².